The van der Waals surface area contributed by atoms with Crippen molar-refractivity contribution < 1.29 is 28.4 Å². The molecule has 0 aromatic rings. The maximum atomic E-state index is 5.92. The fraction of sp³-hybridized carbons (Fsp3) is 1.00. The zero-order valence-corrected chi connectivity index (χ0v) is 12.0. The molecule has 0 bridgehead atoms. The van der Waals surface area contributed by atoms with Crippen molar-refractivity contribution >= 4 is 0 Å². The molecule has 0 N–H and O–H groups in total. The van der Waals surface area contributed by atoms with Gasteiger partial charge < -0.3 is 28.4 Å². The molecule has 3 fully saturated rings. The fourth-order valence-electron chi connectivity index (χ4n) is 2.95. The summed E-state index contributed by atoms with van der Waals surface area (Å²) in [7, 11) is 1.65. The molecular formula is C13H22O6. The molecule has 0 unspecified atom stereocenters. The zero-order valence-electron chi connectivity index (χ0n) is 12.0. The van der Waals surface area contributed by atoms with E-state index in [-0.39, 0.29) is 24.4 Å². The number of fused-ring (bicyclic) bond motifs is 1. The summed E-state index contributed by atoms with van der Waals surface area (Å²) in [6, 6.07) is 0. The lowest BCUT2D eigenvalue weighted by atomic mass is 10.1. The molecule has 5 atom stereocenters. The molecule has 3 aliphatic heterocycles. The van der Waals surface area contributed by atoms with Crippen molar-refractivity contribution in [3.05, 3.63) is 0 Å². The fourth-order valence-corrected chi connectivity index (χ4v) is 2.95. The predicted octanol–water partition coefficient (Wildman–Crippen LogP) is 1.03. The van der Waals surface area contributed by atoms with Crippen LogP contribution in [0.4, 0.5) is 0 Å². The summed E-state index contributed by atoms with van der Waals surface area (Å²) in [6.07, 6.45) is -1.25. The zero-order chi connectivity index (χ0) is 13.8. The SMILES string of the molecule is CO[C@@H]1[C@H]2OC(C)(C)O[C@@H]2O[C@@H]1[C@@H]1COC(C)(C)O1. The second-order valence-electron chi connectivity index (χ2n) is 6.14. The molecule has 0 aromatic heterocycles. The highest BCUT2D eigenvalue weighted by Gasteiger charge is 2.58. The van der Waals surface area contributed by atoms with Crippen molar-refractivity contribution in [3.63, 3.8) is 0 Å². The van der Waals surface area contributed by atoms with Gasteiger partial charge in [-0.25, -0.2) is 0 Å². The van der Waals surface area contributed by atoms with Gasteiger partial charge in [-0.2, -0.15) is 0 Å². The van der Waals surface area contributed by atoms with Gasteiger partial charge >= 0.3 is 0 Å². The van der Waals surface area contributed by atoms with E-state index in [1.165, 1.54) is 0 Å². The molecule has 0 spiro atoms. The highest BCUT2D eigenvalue weighted by atomic mass is 16.8. The minimum atomic E-state index is -0.636. The van der Waals surface area contributed by atoms with Gasteiger partial charge in [0.1, 0.15) is 24.4 Å². The lowest BCUT2D eigenvalue weighted by molar-refractivity contribution is -0.234. The van der Waals surface area contributed by atoms with E-state index in [0.717, 1.165) is 0 Å². The van der Waals surface area contributed by atoms with Crippen LogP contribution in [0.25, 0.3) is 0 Å². The first kappa shape index (κ1) is 13.7. The van der Waals surface area contributed by atoms with E-state index in [2.05, 4.69) is 0 Å². The number of hydrogen-bond acceptors (Lipinski definition) is 6. The summed E-state index contributed by atoms with van der Waals surface area (Å²) >= 11 is 0. The smallest absolute Gasteiger partial charge is 0.190 e. The first-order valence-corrected chi connectivity index (χ1v) is 6.67. The van der Waals surface area contributed by atoms with E-state index in [4.69, 9.17) is 28.4 Å². The normalized spacial score (nSPS) is 47.5. The van der Waals surface area contributed by atoms with Crippen LogP contribution in [0.15, 0.2) is 0 Å². The highest BCUT2D eigenvalue weighted by molar-refractivity contribution is 4.98. The third-order valence-electron chi connectivity index (χ3n) is 3.70. The van der Waals surface area contributed by atoms with Crippen LogP contribution in [-0.2, 0) is 28.4 Å². The van der Waals surface area contributed by atoms with Gasteiger partial charge in [0, 0.05) is 7.11 Å². The van der Waals surface area contributed by atoms with Gasteiger partial charge in [-0.3, -0.25) is 0 Å². The number of hydrogen-bond donors (Lipinski definition) is 0. The maximum absolute atomic E-state index is 5.92. The second kappa shape index (κ2) is 4.38. The Balaban J connectivity index is 1.72. The lowest BCUT2D eigenvalue weighted by Gasteiger charge is -2.28. The van der Waals surface area contributed by atoms with E-state index >= 15 is 0 Å². The Morgan fingerprint density at radius 3 is 2.26 bits per heavy atom. The molecule has 19 heavy (non-hydrogen) atoms. The Morgan fingerprint density at radius 1 is 0.947 bits per heavy atom. The van der Waals surface area contributed by atoms with Gasteiger partial charge in [-0.05, 0) is 27.7 Å². The molecule has 6 heteroatoms. The quantitative estimate of drug-likeness (QED) is 0.749. The van der Waals surface area contributed by atoms with E-state index in [1.54, 1.807) is 7.11 Å². The average molecular weight is 274 g/mol. The molecule has 3 aliphatic rings. The second-order valence-corrected chi connectivity index (χ2v) is 6.14. The van der Waals surface area contributed by atoms with Crippen molar-refractivity contribution in [1.29, 1.82) is 0 Å². The molecule has 0 saturated carbocycles. The molecule has 0 amide bonds. The maximum Gasteiger partial charge on any atom is 0.190 e. The summed E-state index contributed by atoms with van der Waals surface area (Å²) in [5, 5.41) is 0. The predicted molar refractivity (Wildman–Crippen MR) is 64.4 cm³/mol. The largest absolute Gasteiger partial charge is 0.376 e. The van der Waals surface area contributed by atoms with Crippen molar-refractivity contribution in [2.45, 2.75) is 70.0 Å². The van der Waals surface area contributed by atoms with Gasteiger partial charge in [-0.1, -0.05) is 0 Å². The Labute approximate surface area is 113 Å². The monoisotopic (exact) mass is 274 g/mol. The number of ether oxygens (including phenoxy) is 6. The first-order chi connectivity index (χ1) is 8.81. The summed E-state index contributed by atoms with van der Waals surface area (Å²) < 4.78 is 34.5. The Bertz CT molecular complexity index is 355. The van der Waals surface area contributed by atoms with Crippen LogP contribution in [0.3, 0.4) is 0 Å². The molecular weight excluding hydrogens is 252 g/mol. The van der Waals surface area contributed by atoms with Gasteiger partial charge in [0.25, 0.3) is 0 Å². The molecule has 3 rings (SSSR count). The standard InChI is InChI=1S/C13H22O6/c1-12(2)15-6-7(17-12)8-9(14-5)10-11(16-8)19-13(3,4)18-10/h7-11H,6H2,1-5H3/t7-,8+,9-,10+,11-/m0/s1. The third-order valence-corrected chi connectivity index (χ3v) is 3.70. The van der Waals surface area contributed by atoms with Gasteiger partial charge in [0.15, 0.2) is 17.9 Å². The molecule has 6 nitrogen and oxygen atoms in total. The molecule has 0 aliphatic carbocycles. The van der Waals surface area contributed by atoms with Gasteiger partial charge in [0.2, 0.25) is 0 Å². The lowest BCUT2D eigenvalue weighted by Crippen LogP contribution is -2.43. The summed E-state index contributed by atoms with van der Waals surface area (Å²) in [4.78, 5) is 0. The summed E-state index contributed by atoms with van der Waals surface area (Å²) in [5.41, 5.74) is 0. The van der Waals surface area contributed by atoms with Gasteiger partial charge in [-0.15, -0.1) is 0 Å². The molecule has 0 radical (unpaired) electrons. The van der Waals surface area contributed by atoms with Gasteiger partial charge in [0.05, 0.1) is 6.61 Å². The van der Waals surface area contributed by atoms with E-state index in [9.17, 15) is 0 Å². The van der Waals surface area contributed by atoms with Crippen LogP contribution >= 0.6 is 0 Å². The van der Waals surface area contributed by atoms with E-state index in [1.807, 2.05) is 27.7 Å². The van der Waals surface area contributed by atoms with Crippen LogP contribution < -0.4 is 0 Å². The van der Waals surface area contributed by atoms with Crippen LogP contribution in [0.5, 0.6) is 0 Å². The average Bonchev–Trinajstić information content (AvgIpc) is 2.87. The van der Waals surface area contributed by atoms with Crippen LogP contribution in [0, 0.1) is 0 Å². The molecule has 0 aromatic carbocycles. The minimum Gasteiger partial charge on any atom is -0.376 e. The Kier molecular flexibility index (Phi) is 3.16. The molecule has 3 saturated heterocycles. The first-order valence-electron chi connectivity index (χ1n) is 6.67. The van der Waals surface area contributed by atoms with E-state index < -0.39 is 17.9 Å². The summed E-state index contributed by atoms with van der Waals surface area (Å²) in [6.45, 7) is 8.01. The van der Waals surface area contributed by atoms with Crippen molar-refractivity contribution in [3.8, 4) is 0 Å². The molecule has 110 valence electrons. The van der Waals surface area contributed by atoms with Crippen molar-refractivity contribution in [2.24, 2.45) is 0 Å². The minimum absolute atomic E-state index is 0.166. The van der Waals surface area contributed by atoms with Crippen LogP contribution in [-0.4, -0.2) is 56.0 Å². The third kappa shape index (κ3) is 2.41. The highest BCUT2D eigenvalue weighted by Crippen LogP contribution is 2.41. The van der Waals surface area contributed by atoms with Crippen molar-refractivity contribution in [2.75, 3.05) is 13.7 Å². The van der Waals surface area contributed by atoms with Crippen LogP contribution in [0.2, 0.25) is 0 Å². The van der Waals surface area contributed by atoms with Crippen LogP contribution in [0.1, 0.15) is 27.7 Å². The Hall–Kier alpha value is -0.240. The van der Waals surface area contributed by atoms with Crippen molar-refractivity contribution in [1.82, 2.24) is 0 Å². The van der Waals surface area contributed by atoms with E-state index in [0.29, 0.717) is 6.61 Å². The summed E-state index contributed by atoms with van der Waals surface area (Å²) in [5.74, 6) is -1.21. The molecule has 3 heterocycles. The number of rotatable bonds is 2. The number of methoxy groups -OCH3 is 1. The Morgan fingerprint density at radius 2 is 1.68 bits per heavy atom. The topological polar surface area (TPSA) is 55.4 Å².